The molecule has 30 heavy (non-hydrogen) atoms. The van der Waals surface area contributed by atoms with Gasteiger partial charge in [0, 0.05) is 44.5 Å². The molecule has 3 heterocycles. The molecule has 1 aromatic heterocycles. The summed E-state index contributed by atoms with van der Waals surface area (Å²) in [5.41, 5.74) is 4.65. The van der Waals surface area contributed by atoms with Gasteiger partial charge in [-0.15, -0.1) is 0 Å². The van der Waals surface area contributed by atoms with Crippen molar-refractivity contribution >= 4 is 28.1 Å². The Balaban J connectivity index is 1.36. The van der Waals surface area contributed by atoms with Gasteiger partial charge in [0.1, 0.15) is 5.82 Å². The highest BCUT2D eigenvalue weighted by Crippen LogP contribution is 2.20. The lowest BCUT2D eigenvalue weighted by molar-refractivity contribution is -0.129. The van der Waals surface area contributed by atoms with E-state index in [-0.39, 0.29) is 5.91 Å². The van der Waals surface area contributed by atoms with E-state index in [4.69, 9.17) is 4.98 Å². The summed E-state index contributed by atoms with van der Waals surface area (Å²) >= 11 is 3.59. The van der Waals surface area contributed by atoms with Crippen molar-refractivity contribution < 1.29 is 4.79 Å². The third-order valence-corrected chi connectivity index (χ3v) is 6.32. The molecule has 0 radical (unpaired) electrons. The number of carbonyl (C=O) groups excluding carboxylic acids is 1. The molecule has 5 nitrogen and oxygen atoms in total. The van der Waals surface area contributed by atoms with Crippen LogP contribution in [0, 0.1) is 0 Å². The van der Waals surface area contributed by atoms with Crippen molar-refractivity contribution in [2.45, 2.75) is 51.4 Å². The zero-order valence-electron chi connectivity index (χ0n) is 17.2. The molecule has 6 heteroatoms. The van der Waals surface area contributed by atoms with Crippen LogP contribution in [-0.2, 0) is 24.1 Å². The number of halogens is 1. The van der Waals surface area contributed by atoms with Crippen molar-refractivity contribution in [1.29, 1.82) is 0 Å². The van der Waals surface area contributed by atoms with Crippen LogP contribution in [0.1, 0.15) is 54.7 Å². The van der Waals surface area contributed by atoms with Crippen molar-refractivity contribution in [2.24, 2.45) is 4.99 Å². The van der Waals surface area contributed by atoms with Gasteiger partial charge in [-0.05, 0) is 64.7 Å². The summed E-state index contributed by atoms with van der Waals surface area (Å²) in [7, 11) is 0. The highest BCUT2D eigenvalue weighted by molar-refractivity contribution is 9.10. The summed E-state index contributed by atoms with van der Waals surface area (Å²) in [4.78, 5) is 27.9. The Morgan fingerprint density at radius 1 is 1.13 bits per heavy atom. The normalized spacial score (nSPS) is 15.6. The Labute approximate surface area is 186 Å². The van der Waals surface area contributed by atoms with Gasteiger partial charge in [0.05, 0.1) is 16.6 Å². The molecule has 2 aliphatic rings. The number of benzene rings is 1. The molecule has 0 bridgehead atoms. The van der Waals surface area contributed by atoms with E-state index in [1.165, 1.54) is 5.57 Å². The van der Waals surface area contributed by atoms with Gasteiger partial charge in [-0.2, -0.15) is 0 Å². The number of hydrogen-bond acceptors (Lipinski definition) is 4. The summed E-state index contributed by atoms with van der Waals surface area (Å²) in [6, 6.07) is 8.26. The number of aliphatic imine (C=N–C) groups is 1. The van der Waals surface area contributed by atoms with Crippen molar-refractivity contribution in [1.82, 2.24) is 14.9 Å². The van der Waals surface area contributed by atoms with Gasteiger partial charge in [0.2, 0.25) is 5.91 Å². The molecule has 1 amide bonds. The molecule has 0 unspecified atom stereocenters. The van der Waals surface area contributed by atoms with Crippen LogP contribution in [0.4, 0.5) is 0 Å². The van der Waals surface area contributed by atoms with Gasteiger partial charge < -0.3 is 4.90 Å². The average molecular weight is 467 g/mol. The molecule has 1 fully saturated rings. The van der Waals surface area contributed by atoms with E-state index in [1.807, 2.05) is 35.6 Å². The number of hydrogen-bond donors (Lipinski definition) is 0. The Morgan fingerprint density at radius 2 is 1.97 bits per heavy atom. The highest BCUT2D eigenvalue weighted by Gasteiger charge is 2.18. The predicted molar refractivity (Wildman–Crippen MR) is 123 cm³/mol. The Morgan fingerprint density at radius 3 is 2.77 bits per heavy atom. The molecule has 1 saturated heterocycles. The van der Waals surface area contributed by atoms with Crippen LogP contribution in [0.5, 0.6) is 0 Å². The second-order valence-corrected chi connectivity index (χ2v) is 8.87. The fraction of sp³-hybridized carbons (Fsp3) is 0.417. The first-order valence-corrected chi connectivity index (χ1v) is 11.5. The van der Waals surface area contributed by atoms with Gasteiger partial charge in [-0.1, -0.05) is 24.3 Å². The minimum Gasteiger partial charge on any atom is -0.342 e. The first-order valence-electron chi connectivity index (χ1n) is 10.7. The number of rotatable bonds is 8. The number of carbonyl (C=O) groups is 1. The SMILES string of the molecule is O=C(Cc1cccc(Cc2ncc(Br)c(CCCC3=CN=CC3)n2)c1)N1CCCC1. The summed E-state index contributed by atoms with van der Waals surface area (Å²) < 4.78 is 0.966. The molecule has 0 aliphatic carbocycles. The first-order chi connectivity index (χ1) is 14.7. The van der Waals surface area contributed by atoms with E-state index in [0.29, 0.717) is 12.8 Å². The van der Waals surface area contributed by atoms with E-state index in [1.54, 1.807) is 0 Å². The molecule has 0 N–H and O–H groups in total. The Hall–Kier alpha value is -2.34. The van der Waals surface area contributed by atoms with Crippen LogP contribution in [0.15, 0.2) is 51.7 Å². The van der Waals surface area contributed by atoms with Crippen molar-refractivity contribution in [2.75, 3.05) is 13.1 Å². The van der Waals surface area contributed by atoms with Gasteiger partial charge in [-0.25, -0.2) is 9.97 Å². The van der Waals surface area contributed by atoms with Crippen LogP contribution < -0.4 is 0 Å². The average Bonchev–Trinajstić information content (AvgIpc) is 3.45. The van der Waals surface area contributed by atoms with Crippen LogP contribution in [0.2, 0.25) is 0 Å². The van der Waals surface area contributed by atoms with E-state index in [0.717, 1.165) is 78.7 Å². The van der Waals surface area contributed by atoms with E-state index < -0.39 is 0 Å². The molecular formula is C24H27BrN4O. The molecule has 2 aromatic rings. The van der Waals surface area contributed by atoms with E-state index >= 15 is 0 Å². The number of allylic oxidation sites excluding steroid dienone is 1. The minimum absolute atomic E-state index is 0.231. The van der Waals surface area contributed by atoms with E-state index in [9.17, 15) is 4.79 Å². The number of aromatic nitrogens is 2. The summed E-state index contributed by atoms with van der Waals surface area (Å²) in [5.74, 6) is 1.05. The van der Waals surface area contributed by atoms with Crippen molar-refractivity contribution in [3.63, 3.8) is 0 Å². The smallest absolute Gasteiger partial charge is 0.226 e. The van der Waals surface area contributed by atoms with Crippen molar-refractivity contribution in [3.8, 4) is 0 Å². The number of nitrogens with zero attached hydrogens (tertiary/aromatic N) is 4. The zero-order valence-corrected chi connectivity index (χ0v) is 18.8. The van der Waals surface area contributed by atoms with Gasteiger partial charge in [0.25, 0.3) is 0 Å². The van der Waals surface area contributed by atoms with Crippen LogP contribution in [0.25, 0.3) is 0 Å². The minimum atomic E-state index is 0.231. The second kappa shape index (κ2) is 10.1. The third-order valence-electron chi connectivity index (χ3n) is 5.66. The molecule has 1 aromatic carbocycles. The lowest BCUT2D eigenvalue weighted by Crippen LogP contribution is -2.29. The van der Waals surface area contributed by atoms with Gasteiger partial charge in [-0.3, -0.25) is 9.79 Å². The lowest BCUT2D eigenvalue weighted by Gasteiger charge is -2.15. The standard InChI is InChI=1S/C24H27BrN4O/c25-21-17-27-23(28-22(21)8-4-5-18-9-10-26-16-18)14-19-6-3-7-20(13-19)15-24(30)29-11-1-2-12-29/h3,6-7,10,13,16-17H,1-2,4-5,8-9,11-12,14-15H2. The monoisotopic (exact) mass is 466 g/mol. The second-order valence-electron chi connectivity index (χ2n) is 8.02. The lowest BCUT2D eigenvalue weighted by atomic mass is 10.0. The first kappa shape index (κ1) is 20.9. The topological polar surface area (TPSA) is 58.5 Å². The molecular weight excluding hydrogens is 440 g/mol. The van der Waals surface area contributed by atoms with E-state index in [2.05, 4.69) is 38.0 Å². The quantitative estimate of drug-likeness (QED) is 0.567. The zero-order chi connectivity index (χ0) is 20.8. The van der Waals surface area contributed by atoms with Crippen LogP contribution in [-0.4, -0.2) is 40.1 Å². The summed E-state index contributed by atoms with van der Waals surface area (Å²) in [6.07, 6.45) is 13.2. The molecule has 0 saturated carbocycles. The van der Waals surface area contributed by atoms with Crippen LogP contribution >= 0.6 is 15.9 Å². The summed E-state index contributed by atoms with van der Waals surface area (Å²) in [6.45, 7) is 1.80. The maximum Gasteiger partial charge on any atom is 0.226 e. The maximum absolute atomic E-state index is 12.4. The third kappa shape index (κ3) is 5.63. The fourth-order valence-corrected chi connectivity index (χ4v) is 4.41. The predicted octanol–water partition coefficient (Wildman–Crippen LogP) is 4.68. The number of amides is 1. The largest absolute Gasteiger partial charge is 0.342 e. The molecule has 4 rings (SSSR count). The Kier molecular flexibility index (Phi) is 7.05. The van der Waals surface area contributed by atoms with Crippen molar-refractivity contribution in [3.05, 3.63) is 69.4 Å². The number of aryl methyl sites for hydroxylation is 1. The van der Waals surface area contributed by atoms with Gasteiger partial charge >= 0.3 is 0 Å². The maximum atomic E-state index is 12.4. The molecule has 0 atom stereocenters. The van der Waals surface area contributed by atoms with Crippen LogP contribution in [0.3, 0.4) is 0 Å². The highest BCUT2D eigenvalue weighted by atomic mass is 79.9. The Bertz CT molecular complexity index is 963. The molecule has 156 valence electrons. The number of likely N-dealkylation sites (tertiary alicyclic amines) is 1. The molecule has 0 spiro atoms. The molecule has 2 aliphatic heterocycles. The van der Waals surface area contributed by atoms with Gasteiger partial charge in [0.15, 0.2) is 0 Å². The summed E-state index contributed by atoms with van der Waals surface area (Å²) in [5, 5.41) is 0. The fourth-order valence-electron chi connectivity index (χ4n) is 4.02.